The molecule has 0 atom stereocenters. The van der Waals surface area contributed by atoms with E-state index in [4.69, 9.17) is 11.6 Å². The molecule has 0 bridgehead atoms. The first-order valence-corrected chi connectivity index (χ1v) is 9.92. The molecule has 7 heteroatoms. The molecule has 0 unspecified atom stereocenters. The Kier molecular flexibility index (Phi) is 5.50. The number of carbonyl (C=O) groups is 1. The largest absolute Gasteiger partial charge is 0.298 e. The van der Waals surface area contributed by atoms with Crippen LogP contribution in [0.4, 0.5) is 5.13 Å². The van der Waals surface area contributed by atoms with E-state index in [-0.39, 0.29) is 5.91 Å². The number of anilines is 1. The number of aromatic nitrogens is 3. The van der Waals surface area contributed by atoms with E-state index in [1.165, 1.54) is 11.3 Å². The highest BCUT2D eigenvalue weighted by atomic mass is 35.5. The number of amides is 1. The van der Waals surface area contributed by atoms with E-state index in [1.807, 2.05) is 54.6 Å². The predicted octanol–water partition coefficient (Wildman–Crippen LogP) is 4.88. The van der Waals surface area contributed by atoms with Gasteiger partial charge in [-0.25, -0.2) is 4.98 Å². The van der Waals surface area contributed by atoms with E-state index < -0.39 is 0 Å². The fourth-order valence-corrected chi connectivity index (χ4v) is 3.73. The van der Waals surface area contributed by atoms with Gasteiger partial charge < -0.3 is 0 Å². The number of hydrogen-bond donors (Lipinski definition) is 1. The van der Waals surface area contributed by atoms with Gasteiger partial charge >= 0.3 is 0 Å². The third-order valence-corrected chi connectivity index (χ3v) is 5.31. The quantitative estimate of drug-likeness (QED) is 0.494. The number of hydrogen-bond acceptors (Lipinski definition) is 4. The summed E-state index contributed by atoms with van der Waals surface area (Å²) in [5.41, 5.74) is 2.78. The van der Waals surface area contributed by atoms with E-state index >= 15 is 0 Å². The van der Waals surface area contributed by atoms with E-state index in [0.717, 1.165) is 22.4 Å². The zero-order valence-corrected chi connectivity index (χ0v) is 16.5. The minimum atomic E-state index is -0.216. The van der Waals surface area contributed by atoms with Gasteiger partial charge in [0, 0.05) is 28.7 Å². The second-order valence-electron chi connectivity index (χ2n) is 6.30. The molecule has 2 aromatic carbocycles. The van der Waals surface area contributed by atoms with Crippen LogP contribution in [0, 0.1) is 0 Å². The molecule has 28 heavy (non-hydrogen) atoms. The molecule has 1 amide bonds. The summed E-state index contributed by atoms with van der Waals surface area (Å²) in [6, 6.07) is 17.7. The van der Waals surface area contributed by atoms with Crippen molar-refractivity contribution in [3.63, 3.8) is 0 Å². The number of nitrogens with zero attached hydrogens (tertiary/aromatic N) is 3. The summed E-state index contributed by atoms with van der Waals surface area (Å²) in [6.07, 6.45) is 5.85. The molecule has 0 spiro atoms. The number of halogens is 1. The van der Waals surface area contributed by atoms with Crippen molar-refractivity contribution in [2.24, 2.45) is 0 Å². The Bertz CT molecular complexity index is 1070. The Balaban J connectivity index is 1.37. The molecule has 2 aromatic heterocycles. The van der Waals surface area contributed by atoms with Gasteiger partial charge in [-0.1, -0.05) is 54.1 Å². The molecule has 0 fully saturated rings. The van der Waals surface area contributed by atoms with Crippen LogP contribution in [-0.2, 0) is 13.0 Å². The maximum Gasteiger partial charge on any atom is 0.260 e. The molecule has 0 aliphatic heterocycles. The predicted molar refractivity (Wildman–Crippen MR) is 112 cm³/mol. The van der Waals surface area contributed by atoms with Gasteiger partial charge in [0.25, 0.3) is 5.91 Å². The Morgan fingerprint density at radius 2 is 1.82 bits per heavy atom. The SMILES string of the molecule is O=C(Nc1ncc(Cc2ccc(Cl)cc2)s1)c1cnn(Cc2ccccc2)c1. The highest BCUT2D eigenvalue weighted by Gasteiger charge is 2.12. The fraction of sp³-hybridized carbons (Fsp3) is 0.0952. The van der Waals surface area contributed by atoms with Crippen molar-refractivity contribution in [2.45, 2.75) is 13.0 Å². The number of benzene rings is 2. The Labute approximate surface area is 171 Å². The molecule has 140 valence electrons. The van der Waals surface area contributed by atoms with Crippen molar-refractivity contribution in [3.8, 4) is 0 Å². The monoisotopic (exact) mass is 408 g/mol. The summed E-state index contributed by atoms with van der Waals surface area (Å²) in [4.78, 5) is 17.8. The second-order valence-corrected chi connectivity index (χ2v) is 7.85. The molecular weight excluding hydrogens is 392 g/mol. The van der Waals surface area contributed by atoms with Gasteiger partial charge in [0.2, 0.25) is 0 Å². The van der Waals surface area contributed by atoms with Crippen LogP contribution in [0.15, 0.2) is 73.2 Å². The molecular formula is C21H17ClN4OS. The summed E-state index contributed by atoms with van der Waals surface area (Å²) in [5, 5.41) is 8.41. The zero-order chi connectivity index (χ0) is 19.3. The maximum absolute atomic E-state index is 12.5. The molecule has 4 aromatic rings. The van der Waals surface area contributed by atoms with Crippen molar-refractivity contribution < 1.29 is 4.79 Å². The average molecular weight is 409 g/mol. The molecule has 0 saturated heterocycles. The van der Waals surface area contributed by atoms with Gasteiger partial charge in [-0.3, -0.25) is 14.8 Å². The van der Waals surface area contributed by atoms with Crippen LogP contribution in [0.5, 0.6) is 0 Å². The van der Waals surface area contributed by atoms with Crippen LogP contribution >= 0.6 is 22.9 Å². The van der Waals surface area contributed by atoms with Crippen LogP contribution in [0.2, 0.25) is 5.02 Å². The lowest BCUT2D eigenvalue weighted by molar-refractivity contribution is 0.102. The fourth-order valence-electron chi connectivity index (χ4n) is 2.76. The lowest BCUT2D eigenvalue weighted by Gasteiger charge is -2.01. The number of carbonyl (C=O) groups excluding carboxylic acids is 1. The van der Waals surface area contributed by atoms with Crippen molar-refractivity contribution in [3.05, 3.63) is 99.8 Å². The standard InChI is InChI=1S/C21H17ClN4OS/c22-18-8-6-15(7-9-18)10-19-12-23-21(28-19)25-20(27)17-11-24-26(14-17)13-16-4-2-1-3-5-16/h1-9,11-12,14H,10,13H2,(H,23,25,27). The average Bonchev–Trinajstić information content (AvgIpc) is 3.34. The summed E-state index contributed by atoms with van der Waals surface area (Å²) >= 11 is 7.38. The third kappa shape index (κ3) is 4.65. The molecule has 0 saturated carbocycles. The summed E-state index contributed by atoms with van der Waals surface area (Å²) in [5.74, 6) is -0.216. The van der Waals surface area contributed by atoms with Gasteiger partial charge in [-0.2, -0.15) is 5.10 Å². The highest BCUT2D eigenvalue weighted by molar-refractivity contribution is 7.15. The molecule has 0 aliphatic rings. The minimum Gasteiger partial charge on any atom is -0.298 e. The van der Waals surface area contributed by atoms with Crippen LogP contribution < -0.4 is 5.32 Å². The number of nitrogens with one attached hydrogen (secondary N) is 1. The number of thiazole rings is 1. The van der Waals surface area contributed by atoms with Crippen molar-refractivity contribution in [1.82, 2.24) is 14.8 Å². The molecule has 4 rings (SSSR count). The lowest BCUT2D eigenvalue weighted by atomic mass is 10.1. The number of rotatable bonds is 6. The minimum absolute atomic E-state index is 0.216. The summed E-state index contributed by atoms with van der Waals surface area (Å²) < 4.78 is 1.75. The smallest absolute Gasteiger partial charge is 0.260 e. The first-order valence-electron chi connectivity index (χ1n) is 8.72. The zero-order valence-electron chi connectivity index (χ0n) is 14.9. The Morgan fingerprint density at radius 1 is 1.04 bits per heavy atom. The Hall–Kier alpha value is -2.96. The van der Waals surface area contributed by atoms with Crippen molar-refractivity contribution in [2.75, 3.05) is 5.32 Å². The van der Waals surface area contributed by atoms with Gasteiger partial charge in [0.1, 0.15) is 0 Å². The van der Waals surface area contributed by atoms with Gasteiger partial charge in [-0.15, -0.1) is 11.3 Å². The van der Waals surface area contributed by atoms with E-state index in [2.05, 4.69) is 15.4 Å². The first-order chi connectivity index (χ1) is 13.7. The van der Waals surface area contributed by atoms with Crippen LogP contribution in [0.25, 0.3) is 0 Å². The van der Waals surface area contributed by atoms with E-state index in [1.54, 1.807) is 23.3 Å². The topological polar surface area (TPSA) is 59.8 Å². The van der Waals surface area contributed by atoms with Gasteiger partial charge in [-0.05, 0) is 23.3 Å². The Morgan fingerprint density at radius 3 is 2.61 bits per heavy atom. The van der Waals surface area contributed by atoms with E-state index in [9.17, 15) is 4.79 Å². The molecule has 1 N–H and O–H groups in total. The van der Waals surface area contributed by atoms with Crippen LogP contribution in [0.3, 0.4) is 0 Å². The second kappa shape index (κ2) is 8.37. The summed E-state index contributed by atoms with van der Waals surface area (Å²) in [7, 11) is 0. The summed E-state index contributed by atoms with van der Waals surface area (Å²) in [6.45, 7) is 0.622. The maximum atomic E-state index is 12.5. The van der Waals surface area contributed by atoms with Crippen molar-refractivity contribution in [1.29, 1.82) is 0 Å². The van der Waals surface area contributed by atoms with E-state index in [0.29, 0.717) is 22.3 Å². The van der Waals surface area contributed by atoms with Gasteiger partial charge in [0.15, 0.2) is 5.13 Å². The van der Waals surface area contributed by atoms with Gasteiger partial charge in [0.05, 0.1) is 18.3 Å². The van der Waals surface area contributed by atoms with Crippen LogP contribution in [0.1, 0.15) is 26.4 Å². The molecule has 0 radical (unpaired) electrons. The third-order valence-electron chi connectivity index (χ3n) is 4.15. The van der Waals surface area contributed by atoms with Crippen molar-refractivity contribution >= 4 is 34.0 Å². The van der Waals surface area contributed by atoms with Crippen LogP contribution in [-0.4, -0.2) is 20.7 Å². The molecule has 0 aliphatic carbocycles. The molecule has 5 nitrogen and oxygen atoms in total. The first kappa shape index (κ1) is 18.4. The lowest BCUT2D eigenvalue weighted by Crippen LogP contribution is -2.10. The normalized spacial score (nSPS) is 10.8. The highest BCUT2D eigenvalue weighted by Crippen LogP contribution is 2.22. The molecule has 2 heterocycles.